The number of anilines is 1. The summed E-state index contributed by atoms with van der Waals surface area (Å²) in [5, 5.41) is 3.43. The second kappa shape index (κ2) is 9.65. The van der Waals surface area contributed by atoms with Crippen molar-refractivity contribution in [3.8, 4) is 10.4 Å². The van der Waals surface area contributed by atoms with Gasteiger partial charge >= 0.3 is 0 Å². The van der Waals surface area contributed by atoms with Crippen LogP contribution in [-0.4, -0.2) is 53.1 Å². The van der Waals surface area contributed by atoms with E-state index in [2.05, 4.69) is 5.32 Å². The summed E-state index contributed by atoms with van der Waals surface area (Å²) in [5.41, 5.74) is 2.39. The third kappa shape index (κ3) is 4.60. The summed E-state index contributed by atoms with van der Waals surface area (Å²) >= 11 is 1.39. The number of rotatable bonds is 6. The largest absolute Gasteiger partial charge is 0.339 e. The molecule has 3 heterocycles. The molecule has 32 heavy (non-hydrogen) atoms. The van der Waals surface area contributed by atoms with Gasteiger partial charge in [-0.2, -0.15) is 0 Å². The first kappa shape index (κ1) is 22.2. The zero-order valence-corrected chi connectivity index (χ0v) is 19.0. The van der Waals surface area contributed by atoms with Crippen LogP contribution in [0.3, 0.4) is 0 Å². The van der Waals surface area contributed by atoms with Crippen molar-refractivity contribution >= 4 is 40.0 Å². The molecule has 2 fully saturated rings. The number of nitrogens with one attached hydrogen (secondary N) is 1. The number of carbonyl (C=O) groups is 4. The Morgan fingerprint density at radius 2 is 1.66 bits per heavy atom. The number of benzene rings is 1. The Kier molecular flexibility index (Phi) is 6.69. The maximum absolute atomic E-state index is 13.4. The highest BCUT2D eigenvalue weighted by Gasteiger charge is 2.30. The van der Waals surface area contributed by atoms with Crippen molar-refractivity contribution in [2.45, 2.75) is 45.4 Å². The van der Waals surface area contributed by atoms with Crippen LogP contribution in [0.15, 0.2) is 30.3 Å². The summed E-state index contributed by atoms with van der Waals surface area (Å²) in [4.78, 5) is 53.7. The molecule has 1 N–H and O–H groups in total. The number of carbonyl (C=O) groups excluding carboxylic acids is 4. The van der Waals surface area contributed by atoms with E-state index in [0.29, 0.717) is 10.6 Å². The Labute approximate surface area is 191 Å². The molecule has 2 aliphatic rings. The average Bonchev–Trinajstić information content (AvgIpc) is 3.31. The lowest BCUT2D eigenvalue weighted by Crippen LogP contribution is -2.36. The first-order valence-electron chi connectivity index (χ1n) is 11.1. The van der Waals surface area contributed by atoms with Gasteiger partial charge in [0.2, 0.25) is 17.7 Å². The number of hydrogen-bond donors (Lipinski definition) is 1. The molecule has 8 heteroatoms. The fraction of sp³-hybridized carbons (Fsp3) is 0.417. The van der Waals surface area contributed by atoms with Crippen molar-refractivity contribution < 1.29 is 19.2 Å². The minimum Gasteiger partial charge on any atom is -0.339 e. The van der Waals surface area contributed by atoms with Gasteiger partial charge in [-0.05, 0) is 37.3 Å². The van der Waals surface area contributed by atoms with Crippen molar-refractivity contribution in [1.29, 1.82) is 0 Å². The Hall–Kier alpha value is -3.00. The van der Waals surface area contributed by atoms with E-state index in [-0.39, 0.29) is 49.4 Å². The fourth-order valence-corrected chi connectivity index (χ4v) is 5.47. The van der Waals surface area contributed by atoms with Gasteiger partial charge in [0.1, 0.15) is 5.00 Å². The second-order valence-corrected chi connectivity index (χ2v) is 9.24. The zero-order valence-electron chi connectivity index (χ0n) is 18.2. The number of amides is 4. The first-order chi connectivity index (χ1) is 15.5. The number of piperidine rings is 1. The van der Waals surface area contributed by atoms with Crippen LogP contribution in [-0.2, 0) is 14.4 Å². The highest BCUT2D eigenvalue weighted by Crippen LogP contribution is 2.40. The van der Waals surface area contributed by atoms with Gasteiger partial charge in [-0.1, -0.05) is 30.3 Å². The van der Waals surface area contributed by atoms with Crippen LogP contribution in [0.2, 0.25) is 0 Å². The van der Waals surface area contributed by atoms with E-state index in [9.17, 15) is 19.2 Å². The van der Waals surface area contributed by atoms with E-state index >= 15 is 0 Å². The molecule has 4 amide bonds. The zero-order chi connectivity index (χ0) is 22.7. The summed E-state index contributed by atoms with van der Waals surface area (Å²) in [5.74, 6) is -0.837. The van der Waals surface area contributed by atoms with Gasteiger partial charge < -0.3 is 10.2 Å². The number of hydrogen-bond acceptors (Lipinski definition) is 5. The molecule has 2 aliphatic heterocycles. The van der Waals surface area contributed by atoms with Crippen LogP contribution < -0.4 is 5.32 Å². The molecule has 0 saturated carbocycles. The molecule has 168 valence electrons. The molecular weight excluding hydrogens is 426 g/mol. The first-order valence-corrected chi connectivity index (χ1v) is 11.9. The quantitative estimate of drug-likeness (QED) is 0.674. The Morgan fingerprint density at radius 3 is 2.31 bits per heavy atom. The smallest absolute Gasteiger partial charge is 0.257 e. The van der Waals surface area contributed by atoms with Crippen LogP contribution in [0.5, 0.6) is 0 Å². The third-order valence-corrected chi connectivity index (χ3v) is 7.27. The maximum atomic E-state index is 13.4. The standard InChI is InChI=1S/C24H27N3O4S/c1-16-21(24(31)26-13-6-3-7-14-26)23(32-22(16)17-8-4-2-5-9-17)25-18(28)12-15-27-19(29)10-11-20(27)30/h2,4-5,8-9H,3,6-7,10-15H2,1H3,(H,25,28). The van der Waals surface area contributed by atoms with Crippen LogP contribution >= 0.6 is 11.3 Å². The lowest BCUT2D eigenvalue weighted by Gasteiger charge is -2.27. The van der Waals surface area contributed by atoms with Crippen LogP contribution in [0.4, 0.5) is 5.00 Å². The summed E-state index contributed by atoms with van der Waals surface area (Å²) in [6.45, 7) is 3.44. The van der Waals surface area contributed by atoms with Crippen LogP contribution in [0.25, 0.3) is 10.4 Å². The van der Waals surface area contributed by atoms with Gasteiger partial charge in [-0.15, -0.1) is 11.3 Å². The fourth-order valence-electron chi connectivity index (χ4n) is 4.25. The Balaban J connectivity index is 1.58. The molecule has 1 aromatic heterocycles. The van der Waals surface area contributed by atoms with Gasteiger partial charge in [-0.3, -0.25) is 24.1 Å². The average molecular weight is 454 g/mol. The molecule has 2 saturated heterocycles. The molecule has 0 radical (unpaired) electrons. The van der Waals surface area contributed by atoms with Crippen molar-refractivity contribution in [1.82, 2.24) is 9.80 Å². The number of nitrogens with zero attached hydrogens (tertiary/aromatic N) is 2. The molecule has 0 aliphatic carbocycles. The van der Waals surface area contributed by atoms with Gasteiger partial charge in [0.15, 0.2) is 0 Å². The van der Waals surface area contributed by atoms with Gasteiger partial charge in [0.25, 0.3) is 5.91 Å². The minimum atomic E-state index is -0.314. The monoisotopic (exact) mass is 453 g/mol. The van der Waals surface area contributed by atoms with Gasteiger partial charge in [0, 0.05) is 43.8 Å². The van der Waals surface area contributed by atoms with E-state index in [0.717, 1.165) is 53.3 Å². The van der Waals surface area contributed by atoms with E-state index in [4.69, 9.17) is 0 Å². The normalized spacial score (nSPS) is 16.5. The Bertz CT molecular complexity index is 1030. The lowest BCUT2D eigenvalue weighted by molar-refractivity contribution is -0.138. The highest BCUT2D eigenvalue weighted by molar-refractivity contribution is 7.20. The number of thiophene rings is 1. The van der Waals surface area contributed by atoms with Gasteiger partial charge in [0.05, 0.1) is 5.56 Å². The maximum Gasteiger partial charge on any atom is 0.257 e. The van der Waals surface area contributed by atoms with Crippen molar-refractivity contribution in [2.24, 2.45) is 0 Å². The topological polar surface area (TPSA) is 86.8 Å². The Morgan fingerprint density at radius 1 is 1.00 bits per heavy atom. The predicted octanol–water partition coefficient (Wildman–Crippen LogP) is 3.83. The summed E-state index contributed by atoms with van der Waals surface area (Å²) < 4.78 is 0. The molecule has 0 unspecified atom stereocenters. The molecular formula is C24H27N3O4S. The van der Waals surface area contributed by atoms with E-state index < -0.39 is 0 Å². The molecule has 4 rings (SSSR count). The lowest BCUT2D eigenvalue weighted by atomic mass is 10.0. The number of imide groups is 1. The van der Waals surface area contributed by atoms with Crippen molar-refractivity contribution in [2.75, 3.05) is 25.0 Å². The molecule has 0 spiro atoms. The molecule has 0 bridgehead atoms. The van der Waals surface area contributed by atoms with E-state index in [1.54, 1.807) is 0 Å². The molecule has 7 nitrogen and oxygen atoms in total. The minimum absolute atomic E-state index is 0.00639. The molecule has 0 atom stereocenters. The summed E-state index contributed by atoms with van der Waals surface area (Å²) in [6, 6.07) is 9.82. The van der Waals surface area contributed by atoms with Crippen LogP contribution in [0, 0.1) is 6.92 Å². The van der Waals surface area contributed by atoms with Crippen molar-refractivity contribution in [3.05, 3.63) is 41.5 Å². The van der Waals surface area contributed by atoms with Crippen molar-refractivity contribution in [3.63, 3.8) is 0 Å². The SMILES string of the molecule is Cc1c(-c2ccccc2)sc(NC(=O)CCN2C(=O)CCC2=O)c1C(=O)N1CCCCC1. The molecule has 2 aromatic rings. The van der Waals surface area contributed by atoms with E-state index in [1.165, 1.54) is 11.3 Å². The molecule has 1 aromatic carbocycles. The van der Waals surface area contributed by atoms with E-state index in [1.807, 2.05) is 42.2 Å². The summed E-state index contributed by atoms with van der Waals surface area (Å²) in [7, 11) is 0. The summed E-state index contributed by atoms with van der Waals surface area (Å²) in [6.07, 6.45) is 3.52. The number of likely N-dealkylation sites (tertiary alicyclic amines) is 2. The highest BCUT2D eigenvalue weighted by atomic mass is 32.1. The third-order valence-electron chi connectivity index (χ3n) is 6.01. The van der Waals surface area contributed by atoms with Gasteiger partial charge in [-0.25, -0.2) is 0 Å². The predicted molar refractivity (Wildman–Crippen MR) is 123 cm³/mol. The van der Waals surface area contributed by atoms with Crippen LogP contribution in [0.1, 0.15) is 54.4 Å². The second-order valence-electron chi connectivity index (χ2n) is 8.22.